The Morgan fingerprint density at radius 3 is 2.63 bits per heavy atom. The zero-order valence-electron chi connectivity index (χ0n) is 14.3. The van der Waals surface area contributed by atoms with Gasteiger partial charge in [-0.05, 0) is 54.0 Å². The highest BCUT2D eigenvalue weighted by Crippen LogP contribution is 2.40. The number of H-pyrrole nitrogens is 1. The van der Waals surface area contributed by atoms with Crippen molar-refractivity contribution in [1.82, 2.24) is 4.98 Å². The van der Waals surface area contributed by atoms with Crippen LogP contribution in [0.4, 0.5) is 10.1 Å². The highest BCUT2D eigenvalue weighted by molar-refractivity contribution is 6.36. The van der Waals surface area contributed by atoms with E-state index in [0.717, 1.165) is 5.56 Å². The van der Waals surface area contributed by atoms with Gasteiger partial charge >= 0.3 is 5.97 Å². The van der Waals surface area contributed by atoms with Crippen molar-refractivity contribution in [3.05, 3.63) is 76.9 Å². The van der Waals surface area contributed by atoms with Gasteiger partial charge in [0.05, 0.1) is 5.57 Å². The second-order valence-corrected chi connectivity index (χ2v) is 6.34. The maximum Gasteiger partial charge on any atom is 0.352 e. The number of hydrogen-bond donors (Lipinski definition) is 3. The number of rotatable bonds is 3. The number of aromatic nitrogens is 1. The van der Waals surface area contributed by atoms with Gasteiger partial charge in [0.25, 0.3) is 5.91 Å². The maximum atomic E-state index is 13.7. The van der Waals surface area contributed by atoms with E-state index in [1.807, 2.05) is 6.07 Å². The van der Waals surface area contributed by atoms with Crippen molar-refractivity contribution in [3.8, 4) is 11.1 Å². The molecule has 0 fully saturated rings. The minimum atomic E-state index is -1.07. The minimum Gasteiger partial charge on any atom is -0.477 e. The number of carbonyl (C=O) groups is 2. The summed E-state index contributed by atoms with van der Waals surface area (Å²) in [6, 6.07) is 13.1. The van der Waals surface area contributed by atoms with E-state index in [-0.39, 0.29) is 17.4 Å². The Morgan fingerprint density at radius 2 is 1.93 bits per heavy atom. The molecule has 4 rings (SSSR count). The van der Waals surface area contributed by atoms with Gasteiger partial charge in [0.15, 0.2) is 0 Å². The van der Waals surface area contributed by atoms with Crippen molar-refractivity contribution in [1.29, 1.82) is 0 Å². The second-order valence-electron chi connectivity index (χ2n) is 6.34. The zero-order chi connectivity index (χ0) is 19.1. The third-order valence-corrected chi connectivity index (χ3v) is 4.54. The molecule has 6 heteroatoms. The molecule has 0 spiro atoms. The first-order valence-electron chi connectivity index (χ1n) is 8.29. The van der Waals surface area contributed by atoms with E-state index >= 15 is 0 Å². The molecule has 2 aromatic carbocycles. The highest BCUT2D eigenvalue weighted by Gasteiger charge is 2.27. The summed E-state index contributed by atoms with van der Waals surface area (Å²) in [5.74, 6) is -1.72. The predicted molar refractivity (Wildman–Crippen MR) is 101 cm³/mol. The molecule has 0 atom stereocenters. The van der Waals surface area contributed by atoms with Crippen LogP contribution >= 0.6 is 0 Å². The summed E-state index contributed by atoms with van der Waals surface area (Å²) < 4.78 is 13.7. The quantitative estimate of drug-likeness (QED) is 0.607. The lowest BCUT2D eigenvalue weighted by atomic mass is 9.94. The fraction of sp³-hybridized carbons (Fsp3) is 0.0476. The Kier molecular flexibility index (Phi) is 3.88. The van der Waals surface area contributed by atoms with Gasteiger partial charge in [0.2, 0.25) is 0 Å². The van der Waals surface area contributed by atoms with Gasteiger partial charge in [-0.15, -0.1) is 0 Å². The fourth-order valence-corrected chi connectivity index (χ4v) is 3.27. The van der Waals surface area contributed by atoms with Gasteiger partial charge in [-0.3, -0.25) is 4.79 Å². The number of carboxylic acids is 1. The smallest absolute Gasteiger partial charge is 0.352 e. The average molecular weight is 362 g/mol. The van der Waals surface area contributed by atoms with Gasteiger partial charge in [0, 0.05) is 16.9 Å². The summed E-state index contributed by atoms with van der Waals surface area (Å²) in [5.41, 5.74) is 4.38. The van der Waals surface area contributed by atoms with Gasteiger partial charge < -0.3 is 15.4 Å². The van der Waals surface area contributed by atoms with Crippen molar-refractivity contribution < 1.29 is 19.1 Å². The summed E-state index contributed by atoms with van der Waals surface area (Å²) in [5, 5.41) is 12.0. The number of fused-ring (bicyclic) bond motifs is 1. The summed E-state index contributed by atoms with van der Waals surface area (Å²) >= 11 is 0. The molecule has 0 bridgehead atoms. The largest absolute Gasteiger partial charge is 0.477 e. The number of amides is 1. The maximum absolute atomic E-state index is 13.7. The molecule has 134 valence electrons. The van der Waals surface area contributed by atoms with E-state index in [4.69, 9.17) is 5.11 Å². The van der Waals surface area contributed by atoms with Crippen LogP contribution in [0, 0.1) is 12.7 Å². The molecule has 0 saturated heterocycles. The summed E-state index contributed by atoms with van der Waals surface area (Å²) in [4.78, 5) is 26.5. The van der Waals surface area contributed by atoms with Crippen LogP contribution in [0.25, 0.3) is 22.8 Å². The molecule has 1 aromatic heterocycles. The van der Waals surface area contributed by atoms with E-state index in [2.05, 4.69) is 10.3 Å². The Bertz CT molecular complexity index is 1130. The molecular formula is C21H15FN2O3. The van der Waals surface area contributed by atoms with Crippen LogP contribution < -0.4 is 5.32 Å². The Balaban J connectivity index is 1.90. The SMILES string of the molecule is Cc1cc(C(=O)O)[nH]c1C=C1C(=O)Nc2cccc(-c3cccc(F)c3)c21. The molecule has 3 aromatic rings. The van der Waals surface area contributed by atoms with Gasteiger partial charge in [-0.25, -0.2) is 9.18 Å². The summed E-state index contributed by atoms with van der Waals surface area (Å²) in [7, 11) is 0. The van der Waals surface area contributed by atoms with Crippen molar-refractivity contribution >= 4 is 29.2 Å². The number of nitrogens with one attached hydrogen (secondary N) is 2. The molecular weight excluding hydrogens is 347 g/mol. The van der Waals surface area contributed by atoms with Gasteiger partial charge in [-0.2, -0.15) is 0 Å². The first-order chi connectivity index (χ1) is 12.9. The van der Waals surface area contributed by atoms with Crippen LogP contribution in [0.1, 0.15) is 27.3 Å². The number of aromatic amines is 1. The predicted octanol–water partition coefficient (Wildman–Crippen LogP) is 4.32. The van der Waals surface area contributed by atoms with Crippen molar-refractivity contribution in [2.24, 2.45) is 0 Å². The van der Waals surface area contributed by atoms with E-state index in [1.54, 1.807) is 37.3 Å². The molecule has 5 nitrogen and oxygen atoms in total. The monoisotopic (exact) mass is 362 g/mol. The fourth-order valence-electron chi connectivity index (χ4n) is 3.27. The normalized spacial score (nSPS) is 14.3. The molecule has 27 heavy (non-hydrogen) atoms. The summed E-state index contributed by atoms with van der Waals surface area (Å²) in [6.45, 7) is 1.77. The second kappa shape index (κ2) is 6.25. The van der Waals surface area contributed by atoms with E-state index in [1.165, 1.54) is 18.2 Å². The Labute approximate surface area is 154 Å². The third-order valence-electron chi connectivity index (χ3n) is 4.54. The summed E-state index contributed by atoms with van der Waals surface area (Å²) in [6.07, 6.45) is 1.63. The number of hydrogen-bond acceptors (Lipinski definition) is 2. The number of aryl methyl sites for hydroxylation is 1. The molecule has 1 aliphatic heterocycles. The van der Waals surface area contributed by atoms with Crippen LogP contribution in [-0.2, 0) is 4.79 Å². The molecule has 3 N–H and O–H groups in total. The standard InChI is InChI=1S/C21H15FN2O3/c1-11-8-18(21(26)27)23-17(11)10-15-19-14(12-4-2-5-13(22)9-12)6-3-7-16(19)24-20(15)25/h2-10,23H,1H3,(H,24,25)(H,26,27). The number of benzene rings is 2. The first kappa shape index (κ1) is 16.8. The number of anilines is 1. The molecule has 0 unspecified atom stereocenters. The van der Waals surface area contributed by atoms with Crippen LogP contribution in [0.5, 0.6) is 0 Å². The lowest BCUT2D eigenvalue weighted by molar-refractivity contribution is -0.110. The molecule has 0 saturated carbocycles. The minimum absolute atomic E-state index is 0.0522. The Hall–Kier alpha value is -3.67. The highest BCUT2D eigenvalue weighted by atomic mass is 19.1. The van der Waals surface area contributed by atoms with Crippen LogP contribution in [0.3, 0.4) is 0 Å². The van der Waals surface area contributed by atoms with Crippen LogP contribution in [-0.4, -0.2) is 22.0 Å². The number of carboxylic acid groups (broad SMARTS) is 1. The van der Waals surface area contributed by atoms with Gasteiger partial charge in [0.1, 0.15) is 11.5 Å². The number of halogens is 1. The van der Waals surface area contributed by atoms with Crippen molar-refractivity contribution in [3.63, 3.8) is 0 Å². The van der Waals surface area contributed by atoms with Crippen LogP contribution in [0.2, 0.25) is 0 Å². The lowest BCUT2D eigenvalue weighted by Crippen LogP contribution is -2.03. The number of carbonyl (C=O) groups excluding carboxylic acids is 1. The molecule has 1 amide bonds. The molecule has 0 radical (unpaired) electrons. The molecule has 2 heterocycles. The topological polar surface area (TPSA) is 82.2 Å². The van der Waals surface area contributed by atoms with Crippen molar-refractivity contribution in [2.45, 2.75) is 6.92 Å². The van der Waals surface area contributed by atoms with E-state index in [0.29, 0.717) is 33.6 Å². The molecule has 1 aliphatic rings. The average Bonchev–Trinajstić information content (AvgIpc) is 3.15. The van der Waals surface area contributed by atoms with Gasteiger partial charge in [-0.1, -0.05) is 24.3 Å². The third kappa shape index (κ3) is 2.91. The Morgan fingerprint density at radius 1 is 1.15 bits per heavy atom. The number of aromatic carboxylic acids is 1. The van der Waals surface area contributed by atoms with E-state index in [9.17, 15) is 14.0 Å². The van der Waals surface area contributed by atoms with Crippen LogP contribution in [0.15, 0.2) is 48.5 Å². The first-order valence-corrected chi connectivity index (χ1v) is 8.29. The zero-order valence-corrected chi connectivity index (χ0v) is 14.3. The van der Waals surface area contributed by atoms with E-state index < -0.39 is 5.97 Å². The molecule has 0 aliphatic carbocycles. The van der Waals surface area contributed by atoms with Crippen molar-refractivity contribution in [2.75, 3.05) is 5.32 Å². The lowest BCUT2D eigenvalue weighted by Gasteiger charge is -2.09.